The zero-order valence-corrected chi connectivity index (χ0v) is 34.4. The third kappa shape index (κ3) is 11.0. The van der Waals surface area contributed by atoms with Gasteiger partial charge in [0.2, 0.25) is 12.0 Å². The maximum Gasteiger partial charge on any atom is 0.422 e. The molecule has 4 heterocycles. The Morgan fingerprint density at radius 2 is 1.73 bits per heavy atom. The van der Waals surface area contributed by atoms with Gasteiger partial charge < -0.3 is 29.7 Å². The van der Waals surface area contributed by atoms with Crippen molar-refractivity contribution in [3.63, 3.8) is 0 Å². The SMILES string of the molecule is CC[C@H](C)[C@@H](C(=O)N[C@@H](Cc1ccccc1)[C@@H](O)CN(Cc1ccc(-c2ccccn2)cc1)NC(=O)OC1C(=O)OCC1(C)C)N1CCN(Cc2cccc(C)n2)C1=O. The number of benzene rings is 2. The number of cyclic esters (lactones) is 1. The monoisotopic (exact) mass is 805 g/mol. The molecule has 0 aliphatic carbocycles. The highest BCUT2D eigenvalue weighted by Gasteiger charge is 2.47. The molecule has 0 radical (unpaired) electrons. The lowest BCUT2D eigenvalue weighted by molar-refractivity contribution is -0.145. The number of carbonyl (C=O) groups excluding carboxylic acids is 4. The van der Waals surface area contributed by atoms with Crippen LogP contribution in [0.3, 0.4) is 0 Å². The summed E-state index contributed by atoms with van der Waals surface area (Å²) in [5, 5.41) is 16.7. The molecule has 14 nitrogen and oxygen atoms in total. The number of urea groups is 1. The average molecular weight is 806 g/mol. The van der Waals surface area contributed by atoms with Crippen LogP contribution in [0.2, 0.25) is 0 Å². The fourth-order valence-corrected chi connectivity index (χ4v) is 7.47. The maximum atomic E-state index is 14.5. The van der Waals surface area contributed by atoms with E-state index in [2.05, 4.69) is 20.7 Å². The lowest BCUT2D eigenvalue weighted by Crippen LogP contribution is -2.58. The Morgan fingerprint density at radius 3 is 2.39 bits per heavy atom. The fraction of sp³-hybridized carbons (Fsp3) is 0.422. The van der Waals surface area contributed by atoms with Crippen molar-refractivity contribution in [1.29, 1.82) is 0 Å². The van der Waals surface area contributed by atoms with Crippen LogP contribution < -0.4 is 10.7 Å². The second kappa shape index (κ2) is 19.3. The van der Waals surface area contributed by atoms with Gasteiger partial charge in [-0.25, -0.2) is 19.4 Å². The van der Waals surface area contributed by atoms with E-state index in [-0.39, 0.29) is 44.0 Å². The van der Waals surface area contributed by atoms with Crippen LogP contribution in [0.4, 0.5) is 9.59 Å². The highest BCUT2D eigenvalue weighted by molar-refractivity contribution is 5.88. The maximum absolute atomic E-state index is 14.5. The van der Waals surface area contributed by atoms with Gasteiger partial charge in [0.15, 0.2) is 0 Å². The molecule has 1 unspecified atom stereocenters. The molecule has 4 aromatic rings. The van der Waals surface area contributed by atoms with Gasteiger partial charge in [-0.15, -0.1) is 0 Å². The number of pyridine rings is 2. The number of nitrogens with one attached hydrogen (secondary N) is 2. The van der Waals surface area contributed by atoms with Crippen molar-refractivity contribution < 1.29 is 33.8 Å². The molecule has 59 heavy (non-hydrogen) atoms. The summed E-state index contributed by atoms with van der Waals surface area (Å²) in [6.45, 7) is 10.6. The molecule has 0 bridgehead atoms. The molecule has 2 saturated heterocycles. The number of hydrazine groups is 1. The smallest absolute Gasteiger partial charge is 0.422 e. The molecule has 2 aromatic heterocycles. The minimum absolute atomic E-state index is 0.109. The van der Waals surface area contributed by atoms with E-state index < -0.39 is 41.8 Å². The molecular formula is C45H55N7O7. The molecule has 4 amide bonds. The number of hydrogen-bond acceptors (Lipinski definition) is 10. The Kier molecular flexibility index (Phi) is 14.0. The van der Waals surface area contributed by atoms with E-state index in [4.69, 9.17) is 9.47 Å². The fourth-order valence-electron chi connectivity index (χ4n) is 7.47. The normalized spacial score (nSPS) is 18.3. The number of esters is 1. The molecule has 2 aliphatic rings. The Bertz CT molecular complexity index is 2050. The van der Waals surface area contributed by atoms with Crippen molar-refractivity contribution in [2.45, 2.75) is 84.8 Å². The Hall–Kier alpha value is -5.86. The van der Waals surface area contributed by atoms with Crippen LogP contribution in [0.5, 0.6) is 0 Å². The second-order valence-corrected chi connectivity index (χ2v) is 16.2. The molecule has 2 fully saturated rings. The van der Waals surface area contributed by atoms with Gasteiger partial charge in [-0.05, 0) is 54.7 Å². The summed E-state index contributed by atoms with van der Waals surface area (Å²) in [7, 11) is 0. The summed E-state index contributed by atoms with van der Waals surface area (Å²) in [6.07, 6.45) is -0.613. The van der Waals surface area contributed by atoms with E-state index >= 15 is 0 Å². The third-order valence-electron chi connectivity index (χ3n) is 11.0. The topological polar surface area (TPSA) is 167 Å². The first-order valence-corrected chi connectivity index (χ1v) is 20.2. The first-order chi connectivity index (χ1) is 28.3. The first-order valence-electron chi connectivity index (χ1n) is 20.2. The number of aromatic nitrogens is 2. The Morgan fingerprint density at radius 1 is 0.983 bits per heavy atom. The van der Waals surface area contributed by atoms with Gasteiger partial charge in [-0.1, -0.05) is 101 Å². The van der Waals surface area contributed by atoms with Gasteiger partial charge in [0.05, 0.1) is 30.1 Å². The summed E-state index contributed by atoms with van der Waals surface area (Å²) in [6, 6.07) is 26.6. The summed E-state index contributed by atoms with van der Waals surface area (Å²) in [4.78, 5) is 66.6. The minimum Gasteiger partial charge on any atom is -0.462 e. The number of aliphatic hydroxyl groups is 1. The first kappa shape index (κ1) is 42.7. The Labute approximate surface area is 345 Å². The van der Waals surface area contributed by atoms with Gasteiger partial charge in [0.1, 0.15) is 12.6 Å². The van der Waals surface area contributed by atoms with Crippen molar-refractivity contribution in [2.75, 3.05) is 26.2 Å². The van der Waals surface area contributed by atoms with Crippen LogP contribution in [-0.4, -0.2) is 104 Å². The molecule has 6 rings (SSSR count). The van der Waals surface area contributed by atoms with E-state index in [1.165, 1.54) is 5.01 Å². The van der Waals surface area contributed by atoms with E-state index in [0.717, 1.165) is 33.8 Å². The number of amides is 4. The highest BCUT2D eigenvalue weighted by Crippen LogP contribution is 2.31. The number of rotatable bonds is 17. The lowest BCUT2D eigenvalue weighted by Gasteiger charge is -2.35. The summed E-state index contributed by atoms with van der Waals surface area (Å²) >= 11 is 0. The minimum atomic E-state index is -1.23. The van der Waals surface area contributed by atoms with Gasteiger partial charge in [0, 0.05) is 49.0 Å². The molecule has 5 atom stereocenters. The standard InChI is InChI=1S/C45H55N7O7/c1-6-30(2)39(52-24-23-50(44(52)57)27-35-16-12-13-31(3)47-35)41(54)48-37(25-32-14-8-7-9-15-32)38(53)28-51(49-43(56)59-40-42(55)58-29-45(40,4)5)26-33-18-20-34(21-19-33)36-17-10-11-22-46-36/h7-22,30,37-40,53H,6,23-29H2,1-5H3,(H,48,54)(H,49,56)/t30-,37-,38-,39-,40?/m0/s1. The number of ether oxygens (including phenoxy) is 2. The number of hydrogen-bond donors (Lipinski definition) is 3. The van der Waals surface area contributed by atoms with Crippen molar-refractivity contribution in [2.24, 2.45) is 11.3 Å². The zero-order valence-electron chi connectivity index (χ0n) is 34.4. The predicted octanol–water partition coefficient (Wildman–Crippen LogP) is 5.29. The predicted molar refractivity (Wildman–Crippen MR) is 221 cm³/mol. The third-order valence-corrected chi connectivity index (χ3v) is 11.0. The van der Waals surface area contributed by atoms with E-state index in [1.807, 2.05) is 112 Å². The molecule has 2 aromatic carbocycles. The van der Waals surface area contributed by atoms with Crippen molar-refractivity contribution in [3.8, 4) is 11.3 Å². The van der Waals surface area contributed by atoms with Gasteiger partial charge in [-0.2, -0.15) is 0 Å². The average Bonchev–Trinajstić information content (AvgIpc) is 3.70. The van der Waals surface area contributed by atoms with Crippen molar-refractivity contribution >= 4 is 24.0 Å². The van der Waals surface area contributed by atoms with Gasteiger partial charge in [-0.3, -0.25) is 20.2 Å². The number of aliphatic hydroxyl groups excluding tert-OH is 1. The van der Waals surface area contributed by atoms with Crippen LogP contribution in [0.1, 0.15) is 56.6 Å². The second-order valence-electron chi connectivity index (χ2n) is 16.2. The van der Waals surface area contributed by atoms with Crippen LogP contribution in [0.15, 0.2) is 97.2 Å². The molecule has 0 spiro atoms. The lowest BCUT2D eigenvalue weighted by atomic mass is 9.90. The van der Waals surface area contributed by atoms with E-state index in [9.17, 15) is 24.3 Å². The van der Waals surface area contributed by atoms with Crippen molar-refractivity contribution in [3.05, 3.63) is 120 Å². The molecule has 2 aliphatic heterocycles. The van der Waals surface area contributed by atoms with Gasteiger partial charge in [0.25, 0.3) is 0 Å². The number of nitrogens with zero attached hydrogens (tertiary/aromatic N) is 5. The van der Waals surface area contributed by atoms with Crippen LogP contribution in [-0.2, 0) is 38.6 Å². The summed E-state index contributed by atoms with van der Waals surface area (Å²) in [5.41, 5.74) is 7.03. The zero-order chi connectivity index (χ0) is 42.1. The largest absolute Gasteiger partial charge is 0.462 e. The molecule has 0 saturated carbocycles. The van der Waals surface area contributed by atoms with Crippen molar-refractivity contribution in [1.82, 2.24) is 35.5 Å². The Balaban J connectivity index is 1.22. The van der Waals surface area contributed by atoms with E-state index in [0.29, 0.717) is 26.1 Å². The molecule has 14 heteroatoms. The summed E-state index contributed by atoms with van der Waals surface area (Å²) in [5.74, 6) is -1.21. The van der Waals surface area contributed by atoms with Crippen LogP contribution >= 0.6 is 0 Å². The number of aryl methyl sites for hydroxylation is 1. The molecular weight excluding hydrogens is 751 g/mol. The van der Waals surface area contributed by atoms with Crippen LogP contribution in [0.25, 0.3) is 11.3 Å². The number of carbonyl (C=O) groups is 4. The highest BCUT2D eigenvalue weighted by atomic mass is 16.6. The van der Waals surface area contributed by atoms with E-state index in [1.54, 1.807) is 29.8 Å². The molecule has 312 valence electrons. The molecule has 3 N–H and O–H groups in total. The van der Waals surface area contributed by atoms with Crippen LogP contribution in [0, 0.1) is 18.3 Å². The quantitative estimate of drug-likeness (QED) is 0.0944. The summed E-state index contributed by atoms with van der Waals surface area (Å²) < 4.78 is 10.8. The van der Waals surface area contributed by atoms with Gasteiger partial charge >= 0.3 is 18.1 Å².